The van der Waals surface area contributed by atoms with E-state index in [-0.39, 0.29) is 0 Å². The molecule has 3 aromatic rings. The number of nitrogens with zero attached hydrogens (tertiary/aromatic N) is 4. The predicted molar refractivity (Wildman–Crippen MR) is 119 cm³/mol. The van der Waals surface area contributed by atoms with Crippen LogP contribution in [-0.4, -0.2) is 28.3 Å². The van der Waals surface area contributed by atoms with Gasteiger partial charge in [-0.1, -0.05) is 62.4 Å². The molecule has 1 aliphatic rings. The van der Waals surface area contributed by atoms with E-state index in [0.717, 1.165) is 55.7 Å². The molecule has 1 fully saturated rings. The lowest BCUT2D eigenvalue weighted by molar-refractivity contribution is 0.400. The van der Waals surface area contributed by atoms with Gasteiger partial charge in [0.05, 0.1) is 6.20 Å². The standard InChI is InChI=1S/C24H29N5/c1-18(2)21-10-6-7-11-22(21)26-23-17-25-28-24(27-23)29-14-12-20(13-15-29)16-19-8-4-3-5-9-19/h3-11,17-18,20H,12-16H2,1-2H3,(H,26,27,28). The van der Waals surface area contributed by atoms with E-state index in [9.17, 15) is 0 Å². The zero-order valence-corrected chi connectivity index (χ0v) is 17.3. The van der Waals surface area contributed by atoms with Crippen LogP contribution in [0.1, 0.15) is 43.7 Å². The summed E-state index contributed by atoms with van der Waals surface area (Å²) < 4.78 is 0. The quantitative estimate of drug-likeness (QED) is 0.630. The minimum absolute atomic E-state index is 0.441. The number of hydrogen-bond donors (Lipinski definition) is 1. The lowest BCUT2D eigenvalue weighted by Crippen LogP contribution is -2.35. The van der Waals surface area contributed by atoms with Crippen LogP contribution in [0.25, 0.3) is 0 Å². The third-order valence-corrected chi connectivity index (χ3v) is 5.66. The number of rotatable bonds is 6. The van der Waals surface area contributed by atoms with E-state index < -0.39 is 0 Å². The summed E-state index contributed by atoms with van der Waals surface area (Å²) in [5.74, 6) is 2.63. The van der Waals surface area contributed by atoms with E-state index in [1.165, 1.54) is 11.1 Å². The third-order valence-electron chi connectivity index (χ3n) is 5.66. The minimum atomic E-state index is 0.441. The van der Waals surface area contributed by atoms with Crippen molar-refractivity contribution in [3.63, 3.8) is 0 Å². The smallest absolute Gasteiger partial charge is 0.247 e. The van der Waals surface area contributed by atoms with Crippen LogP contribution in [0.3, 0.4) is 0 Å². The zero-order chi connectivity index (χ0) is 20.1. The van der Waals surface area contributed by atoms with Gasteiger partial charge < -0.3 is 10.2 Å². The number of para-hydroxylation sites is 1. The summed E-state index contributed by atoms with van der Waals surface area (Å²) in [4.78, 5) is 7.00. The molecular formula is C24H29N5. The highest BCUT2D eigenvalue weighted by Gasteiger charge is 2.22. The van der Waals surface area contributed by atoms with Crippen LogP contribution in [-0.2, 0) is 6.42 Å². The molecule has 0 radical (unpaired) electrons. The van der Waals surface area contributed by atoms with Crippen LogP contribution >= 0.6 is 0 Å². The summed E-state index contributed by atoms with van der Waals surface area (Å²) in [6, 6.07) is 19.1. The van der Waals surface area contributed by atoms with E-state index in [1.54, 1.807) is 6.20 Å². The van der Waals surface area contributed by atoms with E-state index in [4.69, 9.17) is 4.98 Å². The van der Waals surface area contributed by atoms with Crippen molar-refractivity contribution < 1.29 is 0 Å². The van der Waals surface area contributed by atoms with E-state index in [2.05, 4.69) is 82.8 Å². The number of piperidine rings is 1. The molecule has 150 valence electrons. The van der Waals surface area contributed by atoms with Gasteiger partial charge in [0.15, 0.2) is 5.82 Å². The summed E-state index contributed by atoms with van der Waals surface area (Å²) >= 11 is 0. The van der Waals surface area contributed by atoms with Gasteiger partial charge in [-0.15, -0.1) is 5.10 Å². The van der Waals surface area contributed by atoms with E-state index in [1.807, 2.05) is 6.07 Å². The van der Waals surface area contributed by atoms with Gasteiger partial charge in [0.2, 0.25) is 5.95 Å². The first-order valence-corrected chi connectivity index (χ1v) is 10.5. The summed E-state index contributed by atoms with van der Waals surface area (Å²) in [7, 11) is 0. The van der Waals surface area contributed by atoms with E-state index in [0.29, 0.717) is 5.92 Å². The summed E-state index contributed by atoms with van der Waals surface area (Å²) in [6.07, 6.45) is 5.17. The molecule has 2 aromatic carbocycles. The Balaban J connectivity index is 1.40. The Morgan fingerprint density at radius 3 is 2.48 bits per heavy atom. The molecule has 0 aliphatic carbocycles. The Morgan fingerprint density at radius 1 is 1.00 bits per heavy atom. The topological polar surface area (TPSA) is 53.9 Å². The van der Waals surface area contributed by atoms with Gasteiger partial charge in [-0.25, -0.2) is 0 Å². The molecule has 29 heavy (non-hydrogen) atoms. The fourth-order valence-corrected chi connectivity index (χ4v) is 4.03. The van der Waals surface area contributed by atoms with Gasteiger partial charge in [0.25, 0.3) is 0 Å². The highest BCUT2D eigenvalue weighted by atomic mass is 15.3. The van der Waals surface area contributed by atoms with Crippen molar-refractivity contribution >= 4 is 17.5 Å². The third kappa shape index (κ3) is 4.91. The molecule has 0 spiro atoms. The number of benzene rings is 2. The molecule has 0 atom stereocenters. The van der Waals surface area contributed by atoms with Gasteiger partial charge >= 0.3 is 0 Å². The lowest BCUT2D eigenvalue weighted by Gasteiger charge is -2.31. The van der Waals surface area contributed by atoms with Gasteiger partial charge in [-0.05, 0) is 48.3 Å². The zero-order valence-electron chi connectivity index (χ0n) is 17.3. The molecule has 0 bridgehead atoms. The van der Waals surface area contributed by atoms with Crippen LogP contribution in [0, 0.1) is 5.92 Å². The molecule has 4 rings (SSSR count). The molecular weight excluding hydrogens is 358 g/mol. The van der Waals surface area contributed by atoms with Crippen LogP contribution < -0.4 is 10.2 Å². The summed E-state index contributed by atoms with van der Waals surface area (Å²) in [6.45, 7) is 6.35. The molecule has 0 amide bonds. The van der Waals surface area contributed by atoms with Gasteiger partial charge in [-0.2, -0.15) is 10.1 Å². The number of nitrogens with one attached hydrogen (secondary N) is 1. The van der Waals surface area contributed by atoms with Gasteiger partial charge in [-0.3, -0.25) is 0 Å². The maximum absolute atomic E-state index is 4.74. The largest absolute Gasteiger partial charge is 0.339 e. The van der Waals surface area contributed by atoms with Crippen LogP contribution in [0.4, 0.5) is 17.5 Å². The first kappa shape index (κ1) is 19.4. The highest BCUT2D eigenvalue weighted by molar-refractivity contribution is 5.61. The van der Waals surface area contributed by atoms with Gasteiger partial charge in [0, 0.05) is 18.8 Å². The lowest BCUT2D eigenvalue weighted by atomic mass is 9.90. The van der Waals surface area contributed by atoms with Crippen molar-refractivity contribution in [2.24, 2.45) is 5.92 Å². The average Bonchev–Trinajstić information content (AvgIpc) is 2.75. The van der Waals surface area contributed by atoms with Crippen molar-refractivity contribution in [1.29, 1.82) is 0 Å². The molecule has 1 aromatic heterocycles. The SMILES string of the molecule is CC(C)c1ccccc1Nc1cnnc(N2CCC(Cc3ccccc3)CC2)n1. The van der Waals surface area contributed by atoms with Crippen LogP contribution in [0.5, 0.6) is 0 Å². The molecule has 1 N–H and O–H groups in total. The molecule has 5 heteroatoms. The maximum atomic E-state index is 4.74. The normalized spacial score (nSPS) is 14.9. The Hall–Kier alpha value is -2.95. The van der Waals surface area contributed by atoms with Crippen LogP contribution in [0.2, 0.25) is 0 Å². The second-order valence-electron chi connectivity index (χ2n) is 8.13. The number of aromatic nitrogens is 3. The van der Waals surface area contributed by atoms with E-state index >= 15 is 0 Å². The second kappa shape index (κ2) is 9.03. The van der Waals surface area contributed by atoms with Crippen molar-refractivity contribution in [2.45, 2.75) is 39.0 Å². The molecule has 1 saturated heterocycles. The molecule has 1 aliphatic heterocycles. The molecule has 2 heterocycles. The second-order valence-corrected chi connectivity index (χ2v) is 8.13. The first-order valence-electron chi connectivity index (χ1n) is 10.5. The average molecular weight is 388 g/mol. The fraction of sp³-hybridized carbons (Fsp3) is 0.375. The molecule has 0 saturated carbocycles. The van der Waals surface area contributed by atoms with Crippen molar-refractivity contribution in [3.8, 4) is 0 Å². The summed E-state index contributed by atoms with van der Waals surface area (Å²) in [5.41, 5.74) is 3.78. The fourth-order valence-electron chi connectivity index (χ4n) is 4.03. The minimum Gasteiger partial charge on any atom is -0.339 e. The maximum Gasteiger partial charge on any atom is 0.247 e. The number of hydrogen-bond acceptors (Lipinski definition) is 5. The van der Waals surface area contributed by atoms with Crippen molar-refractivity contribution in [2.75, 3.05) is 23.3 Å². The summed E-state index contributed by atoms with van der Waals surface area (Å²) in [5, 5.41) is 11.9. The Kier molecular flexibility index (Phi) is 6.03. The van der Waals surface area contributed by atoms with Crippen molar-refractivity contribution in [3.05, 3.63) is 71.9 Å². The Bertz CT molecular complexity index is 917. The molecule has 5 nitrogen and oxygen atoms in total. The van der Waals surface area contributed by atoms with Crippen LogP contribution in [0.15, 0.2) is 60.8 Å². The van der Waals surface area contributed by atoms with Gasteiger partial charge in [0.1, 0.15) is 0 Å². The molecule has 0 unspecified atom stereocenters. The number of anilines is 3. The Morgan fingerprint density at radius 2 is 1.72 bits per heavy atom. The predicted octanol–water partition coefficient (Wildman–Crippen LogP) is 5.20. The monoisotopic (exact) mass is 387 g/mol. The first-order chi connectivity index (χ1) is 14.2. The Labute approximate surface area is 173 Å². The van der Waals surface area contributed by atoms with Crippen molar-refractivity contribution in [1.82, 2.24) is 15.2 Å². The highest BCUT2D eigenvalue weighted by Crippen LogP contribution is 2.27.